The highest BCUT2D eigenvalue weighted by Gasteiger charge is 2.22. The van der Waals surface area contributed by atoms with Gasteiger partial charge in [0.2, 0.25) is 0 Å². The Balaban J connectivity index is 1.91. The topological polar surface area (TPSA) is 42.4 Å². The summed E-state index contributed by atoms with van der Waals surface area (Å²) < 4.78 is 5.32. The zero-order valence-electron chi connectivity index (χ0n) is 14.5. The lowest BCUT2D eigenvalue weighted by atomic mass is 10.1. The highest BCUT2D eigenvalue weighted by molar-refractivity contribution is 7.14. The number of aromatic nitrogens is 1. The Morgan fingerprint density at radius 1 is 1.16 bits per heavy atom. The highest BCUT2D eigenvalue weighted by Crippen LogP contribution is 2.29. The molecule has 0 saturated heterocycles. The van der Waals surface area contributed by atoms with Gasteiger partial charge in [0.05, 0.1) is 18.4 Å². The number of hydrogen-bond donors (Lipinski definition) is 0. The number of methoxy groups -OCH3 is 1. The molecule has 1 aromatic heterocycles. The Labute approximate surface area is 151 Å². The number of benzene rings is 2. The van der Waals surface area contributed by atoms with Gasteiger partial charge in [-0.1, -0.05) is 42.0 Å². The maximum absolute atomic E-state index is 13.0. The summed E-state index contributed by atoms with van der Waals surface area (Å²) in [4.78, 5) is 19.3. The molecule has 0 radical (unpaired) electrons. The van der Waals surface area contributed by atoms with E-state index in [4.69, 9.17) is 4.74 Å². The van der Waals surface area contributed by atoms with Crippen LogP contribution in [0.2, 0.25) is 0 Å². The second-order valence-corrected chi connectivity index (χ2v) is 6.47. The van der Waals surface area contributed by atoms with Crippen LogP contribution in [-0.2, 0) is 0 Å². The van der Waals surface area contributed by atoms with E-state index >= 15 is 0 Å². The minimum Gasteiger partial charge on any atom is -0.496 e. The van der Waals surface area contributed by atoms with Crippen molar-refractivity contribution in [2.45, 2.75) is 13.8 Å². The van der Waals surface area contributed by atoms with Crippen molar-refractivity contribution in [1.29, 1.82) is 0 Å². The average molecular weight is 352 g/mol. The van der Waals surface area contributed by atoms with E-state index in [1.54, 1.807) is 24.1 Å². The molecule has 0 aliphatic rings. The SMILES string of the molecule is CCN(C(=O)c1ccccc1OC)c1nc(-c2ccc(C)cc2)cs1. The number of thiazole rings is 1. The van der Waals surface area contributed by atoms with Crippen LogP contribution in [0.5, 0.6) is 5.75 Å². The molecule has 3 aromatic rings. The van der Waals surface area contributed by atoms with Crippen LogP contribution in [0, 0.1) is 6.92 Å². The Morgan fingerprint density at radius 3 is 2.56 bits per heavy atom. The quantitative estimate of drug-likeness (QED) is 0.663. The highest BCUT2D eigenvalue weighted by atomic mass is 32.1. The number of carbonyl (C=O) groups excluding carboxylic acids is 1. The van der Waals surface area contributed by atoms with Crippen LogP contribution in [0.1, 0.15) is 22.8 Å². The number of nitrogens with zero attached hydrogens (tertiary/aromatic N) is 2. The first-order chi connectivity index (χ1) is 12.1. The van der Waals surface area contributed by atoms with Crippen molar-refractivity contribution in [1.82, 2.24) is 4.98 Å². The Bertz CT molecular complexity index is 871. The Morgan fingerprint density at radius 2 is 1.88 bits per heavy atom. The minimum atomic E-state index is -0.107. The van der Waals surface area contributed by atoms with E-state index in [-0.39, 0.29) is 5.91 Å². The van der Waals surface area contributed by atoms with Gasteiger partial charge >= 0.3 is 0 Å². The molecule has 128 valence electrons. The number of ether oxygens (including phenoxy) is 1. The van der Waals surface area contributed by atoms with Crippen molar-refractivity contribution in [3.05, 3.63) is 65.0 Å². The summed E-state index contributed by atoms with van der Waals surface area (Å²) in [6.45, 7) is 4.54. The first kappa shape index (κ1) is 17.2. The fraction of sp³-hybridized carbons (Fsp3) is 0.200. The van der Waals surface area contributed by atoms with E-state index in [9.17, 15) is 4.79 Å². The van der Waals surface area contributed by atoms with Gasteiger partial charge in [0.1, 0.15) is 5.75 Å². The summed E-state index contributed by atoms with van der Waals surface area (Å²) in [6.07, 6.45) is 0. The molecule has 4 nitrogen and oxygen atoms in total. The zero-order chi connectivity index (χ0) is 17.8. The lowest BCUT2D eigenvalue weighted by molar-refractivity contribution is 0.0985. The first-order valence-corrected chi connectivity index (χ1v) is 8.99. The molecule has 0 spiro atoms. The van der Waals surface area contributed by atoms with Crippen LogP contribution in [-0.4, -0.2) is 24.5 Å². The number of amides is 1. The van der Waals surface area contributed by atoms with E-state index < -0.39 is 0 Å². The summed E-state index contributed by atoms with van der Waals surface area (Å²) in [5.41, 5.74) is 3.68. The van der Waals surface area contributed by atoms with Crippen LogP contribution >= 0.6 is 11.3 Å². The van der Waals surface area contributed by atoms with Crippen molar-refractivity contribution in [2.75, 3.05) is 18.6 Å². The third-order valence-electron chi connectivity index (χ3n) is 3.97. The van der Waals surface area contributed by atoms with Gasteiger partial charge in [-0.25, -0.2) is 4.98 Å². The molecule has 0 aliphatic carbocycles. The zero-order valence-corrected chi connectivity index (χ0v) is 15.3. The van der Waals surface area contributed by atoms with Crippen LogP contribution in [0.3, 0.4) is 0 Å². The average Bonchev–Trinajstić information content (AvgIpc) is 3.12. The summed E-state index contributed by atoms with van der Waals surface area (Å²) in [5, 5.41) is 2.67. The summed E-state index contributed by atoms with van der Waals surface area (Å²) in [5.74, 6) is 0.464. The number of anilines is 1. The van der Waals surface area contributed by atoms with Gasteiger partial charge in [0, 0.05) is 17.5 Å². The van der Waals surface area contributed by atoms with Gasteiger partial charge < -0.3 is 4.74 Å². The third-order valence-corrected chi connectivity index (χ3v) is 4.83. The fourth-order valence-corrected chi connectivity index (χ4v) is 3.47. The van der Waals surface area contributed by atoms with Gasteiger partial charge in [-0.05, 0) is 26.0 Å². The molecule has 0 saturated carbocycles. The lowest BCUT2D eigenvalue weighted by Crippen LogP contribution is -2.30. The van der Waals surface area contributed by atoms with Crippen molar-refractivity contribution in [3.63, 3.8) is 0 Å². The number of para-hydroxylation sites is 1. The predicted molar refractivity (Wildman–Crippen MR) is 103 cm³/mol. The molecular weight excluding hydrogens is 332 g/mol. The summed E-state index contributed by atoms with van der Waals surface area (Å²) >= 11 is 1.47. The Kier molecular flexibility index (Phi) is 5.14. The monoisotopic (exact) mass is 352 g/mol. The number of carbonyl (C=O) groups is 1. The van der Waals surface area contributed by atoms with Gasteiger partial charge in [-0.3, -0.25) is 9.69 Å². The summed E-state index contributed by atoms with van der Waals surface area (Å²) in [6, 6.07) is 15.5. The third kappa shape index (κ3) is 3.56. The van der Waals surface area contributed by atoms with Gasteiger partial charge in [-0.15, -0.1) is 11.3 Å². The van der Waals surface area contributed by atoms with Gasteiger partial charge in [0.15, 0.2) is 5.13 Å². The lowest BCUT2D eigenvalue weighted by Gasteiger charge is -2.19. The second kappa shape index (κ2) is 7.49. The van der Waals surface area contributed by atoms with Crippen molar-refractivity contribution in [3.8, 4) is 17.0 Å². The molecule has 0 bridgehead atoms. The number of rotatable bonds is 5. The fourth-order valence-electron chi connectivity index (χ4n) is 2.58. The first-order valence-electron chi connectivity index (χ1n) is 8.11. The molecule has 0 N–H and O–H groups in total. The molecule has 0 atom stereocenters. The normalized spacial score (nSPS) is 10.5. The molecule has 0 fully saturated rings. The van der Waals surface area contributed by atoms with Crippen LogP contribution in [0.4, 0.5) is 5.13 Å². The standard InChI is InChI=1S/C20H20N2O2S/c1-4-22(19(23)16-7-5-6-8-18(16)24-3)20-21-17(13-25-20)15-11-9-14(2)10-12-15/h5-13H,4H2,1-3H3. The van der Waals surface area contributed by atoms with E-state index in [2.05, 4.69) is 24.0 Å². The number of aryl methyl sites for hydroxylation is 1. The molecule has 2 aromatic carbocycles. The summed E-state index contributed by atoms with van der Waals surface area (Å²) in [7, 11) is 1.57. The van der Waals surface area contributed by atoms with Crippen LogP contribution in [0.15, 0.2) is 53.9 Å². The largest absolute Gasteiger partial charge is 0.496 e. The van der Waals surface area contributed by atoms with Crippen molar-refractivity contribution >= 4 is 22.4 Å². The Hall–Kier alpha value is -2.66. The minimum absolute atomic E-state index is 0.107. The number of hydrogen-bond acceptors (Lipinski definition) is 4. The second-order valence-electron chi connectivity index (χ2n) is 5.63. The molecule has 1 heterocycles. The smallest absolute Gasteiger partial charge is 0.263 e. The van der Waals surface area contributed by atoms with E-state index in [1.165, 1.54) is 16.9 Å². The van der Waals surface area contributed by atoms with Gasteiger partial charge in [-0.2, -0.15) is 0 Å². The van der Waals surface area contributed by atoms with E-state index in [1.807, 2.05) is 36.6 Å². The maximum atomic E-state index is 13.0. The molecule has 0 unspecified atom stereocenters. The van der Waals surface area contributed by atoms with E-state index in [0.717, 1.165) is 11.3 Å². The van der Waals surface area contributed by atoms with Crippen LogP contribution in [0.25, 0.3) is 11.3 Å². The maximum Gasteiger partial charge on any atom is 0.263 e. The van der Waals surface area contributed by atoms with Crippen molar-refractivity contribution in [2.24, 2.45) is 0 Å². The molecule has 0 aliphatic heterocycles. The van der Waals surface area contributed by atoms with Crippen molar-refractivity contribution < 1.29 is 9.53 Å². The van der Waals surface area contributed by atoms with E-state index in [0.29, 0.717) is 23.0 Å². The predicted octanol–water partition coefficient (Wildman–Crippen LogP) is 4.79. The molecule has 25 heavy (non-hydrogen) atoms. The molecule has 3 rings (SSSR count). The van der Waals surface area contributed by atoms with Gasteiger partial charge in [0.25, 0.3) is 5.91 Å². The molecule has 5 heteroatoms. The van der Waals surface area contributed by atoms with Crippen LogP contribution < -0.4 is 9.64 Å². The molecule has 1 amide bonds. The molecular formula is C20H20N2O2S.